The Morgan fingerprint density at radius 3 is 3.14 bits per heavy atom. The molecule has 0 aromatic heterocycles. The largest absolute Gasteiger partial charge is 0.497 e. The minimum atomic E-state index is -0.351. The molecule has 1 N–H and O–H groups in total. The summed E-state index contributed by atoms with van der Waals surface area (Å²) in [6, 6.07) is 7.25. The third-order valence-corrected chi connectivity index (χ3v) is 5.85. The van der Waals surface area contributed by atoms with Crippen molar-refractivity contribution in [3.05, 3.63) is 29.8 Å². The number of rotatable bonds is 4. The fraction of sp³-hybridized carbons (Fsp3) is 0.500. The van der Waals surface area contributed by atoms with Crippen LogP contribution in [0.4, 0.5) is 0 Å². The van der Waals surface area contributed by atoms with Gasteiger partial charge < -0.3 is 15.0 Å². The van der Waals surface area contributed by atoms with Gasteiger partial charge in [-0.2, -0.15) is 0 Å². The molecule has 22 heavy (non-hydrogen) atoms. The van der Waals surface area contributed by atoms with Crippen LogP contribution in [0.5, 0.6) is 5.75 Å². The normalized spacial score (nSPS) is 26.9. The van der Waals surface area contributed by atoms with Crippen molar-refractivity contribution in [1.82, 2.24) is 10.2 Å². The Labute approximate surface area is 134 Å². The second kappa shape index (κ2) is 5.83. The number of methoxy groups -OCH3 is 1. The van der Waals surface area contributed by atoms with Gasteiger partial charge in [0.1, 0.15) is 11.8 Å². The average molecular weight is 320 g/mol. The number of nitrogens with zero attached hydrogens (tertiary/aromatic N) is 1. The first kappa shape index (κ1) is 15.2. The molecule has 0 spiro atoms. The van der Waals surface area contributed by atoms with Crippen LogP contribution < -0.4 is 10.1 Å². The zero-order valence-electron chi connectivity index (χ0n) is 12.8. The molecule has 2 aliphatic heterocycles. The van der Waals surface area contributed by atoms with Gasteiger partial charge in [-0.1, -0.05) is 12.1 Å². The van der Waals surface area contributed by atoms with Gasteiger partial charge in [-0.25, -0.2) is 0 Å². The van der Waals surface area contributed by atoms with Gasteiger partial charge in [-0.15, -0.1) is 11.8 Å². The summed E-state index contributed by atoms with van der Waals surface area (Å²) in [5.41, 5.74) is 0.980. The molecule has 3 rings (SSSR count). The quantitative estimate of drug-likeness (QED) is 0.918. The predicted octanol–water partition coefficient (Wildman–Crippen LogP) is 1.77. The first-order valence-electron chi connectivity index (χ1n) is 7.40. The number of fused-ring (bicyclic) bond motifs is 1. The van der Waals surface area contributed by atoms with E-state index in [4.69, 9.17) is 4.74 Å². The highest BCUT2D eigenvalue weighted by atomic mass is 32.2. The molecule has 0 unspecified atom stereocenters. The molecule has 5 nitrogen and oxygen atoms in total. The van der Waals surface area contributed by atoms with Crippen molar-refractivity contribution in [3.63, 3.8) is 0 Å². The molecule has 0 saturated carbocycles. The van der Waals surface area contributed by atoms with Gasteiger partial charge in [-0.3, -0.25) is 9.59 Å². The van der Waals surface area contributed by atoms with Crippen LogP contribution >= 0.6 is 11.8 Å². The summed E-state index contributed by atoms with van der Waals surface area (Å²) in [6.45, 7) is 2.49. The zero-order chi connectivity index (χ0) is 15.7. The Balaban J connectivity index is 1.64. The second-order valence-electron chi connectivity index (χ2n) is 5.83. The predicted molar refractivity (Wildman–Crippen MR) is 85.6 cm³/mol. The molecular weight excluding hydrogens is 300 g/mol. The second-order valence-corrected chi connectivity index (χ2v) is 7.34. The molecule has 1 aromatic carbocycles. The van der Waals surface area contributed by atoms with E-state index in [1.165, 1.54) is 0 Å². The van der Waals surface area contributed by atoms with Gasteiger partial charge in [0, 0.05) is 18.7 Å². The van der Waals surface area contributed by atoms with Gasteiger partial charge in [0.15, 0.2) is 0 Å². The van der Waals surface area contributed by atoms with Crippen molar-refractivity contribution in [2.45, 2.75) is 37.2 Å². The minimum absolute atomic E-state index is 0.0747. The van der Waals surface area contributed by atoms with Gasteiger partial charge in [0.05, 0.1) is 12.0 Å². The van der Waals surface area contributed by atoms with Crippen molar-refractivity contribution in [1.29, 1.82) is 0 Å². The molecule has 0 bridgehead atoms. The molecule has 2 amide bonds. The maximum Gasteiger partial charge on any atom is 0.243 e. The van der Waals surface area contributed by atoms with Crippen molar-refractivity contribution < 1.29 is 14.3 Å². The van der Waals surface area contributed by atoms with Crippen molar-refractivity contribution in [2.24, 2.45) is 0 Å². The smallest absolute Gasteiger partial charge is 0.243 e. The van der Waals surface area contributed by atoms with Gasteiger partial charge >= 0.3 is 0 Å². The number of carbonyl (C=O) groups is 2. The van der Waals surface area contributed by atoms with Crippen molar-refractivity contribution >= 4 is 23.6 Å². The molecule has 2 aliphatic rings. The van der Waals surface area contributed by atoms with Crippen LogP contribution in [0, 0.1) is 0 Å². The van der Waals surface area contributed by atoms with E-state index in [0.29, 0.717) is 18.7 Å². The third kappa shape index (κ3) is 2.67. The van der Waals surface area contributed by atoms with E-state index in [0.717, 1.165) is 17.7 Å². The summed E-state index contributed by atoms with van der Waals surface area (Å²) in [4.78, 5) is 26.1. The topological polar surface area (TPSA) is 58.6 Å². The number of thioether (sulfide) groups is 1. The average Bonchev–Trinajstić information content (AvgIpc) is 3.02. The molecule has 2 saturated heterocycles. The number of amides is 2. The van der Waals surface area contributed by atoms with E-state index in [9.17, 15) is 9.59 Å². The van der Waals surface area contributed by atoms with Crippen LogP contribution in [0.2, 0.25) is 0 Å². The lowest BCUT2D eigenvalue weighted by molar-refractivity contribution is -0.138. The SMILES string of the molecule is COc1cccc(CNC(=O)[C@H]2CS[C@@]3(C)CCC(=O)N23)c1. The first-order chi connectivity index (χ1) is 10.5. The van der Waals surface area contributed by atoms with Crippen LogP contribution in [0.3, 0.4) is 0 Å². The van der Waals surface area contributed by atoms with Gasteiger partial charge in [0.2, 0.25) is 11.8 Å². The van der Waals surface area contributed by atoms with E-state index >= 15 is 0 Å². The Morgan fingerprint density at radius 1 is 1.55 bits per heavy atom. The van der Waals surface area contributed by atoms with E-state index in [1.54, 1.807) is 23.8 Å². The van der Waals surface area contributed by atoms with Crippen LogP contribution in [-0.4, -0.2) is 40.5 Å². The molecule has 0 radical (unpaired) electrons. The van der Waals surface area contributed by atoms with Crippen LogP contribution in [0.25, 0.3) is 0 Å². The standard InChI is InChI=1S/C16H20N2O3S/c1-16-7-6-14(19)18(16)13(10-22-16)15(20)17-9-11-4-3-5-12(8-11)21-2/h3-5,8,13H,6-7,9-10H2,1-2H3,(H,17,20)/t13-,16+/m1/s1. The molecular formula is C16H20N2O3S. The lowest BCUT2D eigenvalue weighted by Gasteiger charge is -2.29. The van der Waals surface area contributed by atoms with Crippen LogP contribution in [-0.2, 0) is 16.1 Å². The summed E-state index contributed by atoms with van der Waals surface area (Å²) in [7, 11) is 1.62. The van der Waals surface area contributed by atoms with Crippen LogP contribution in [0.1, 0.15) is 25.3 Å². The molecule has 2 fully saturated rings. The number of hydrogen-bond acceptors (Lipinski definition) is 4. The fourth-order valence-corrected chi connectivity index (χ4v) is 4.54. The van der Waals surface area contributed by atoms with Gasteiger partial charge in [0.25, 0.3) is 0 Å². The number of ether oxygens (including phenoxy) is 1. The Hall–Kier alpha value is -1.69. The Bertz CT molecular complexity index is 607. The molecule has 1 aromatic rings. The zero-order valence-corrected chi connectivity index (χ0v) is 13.6. The minimum Gasteiger partial charge on any atom is -0.497 e. The van der Waals surface area contributed by atoms with Crippen molar-refractivity contribution in [2.75, 3.05) is 12.9 Å². The first-order valence-corrected chi connectivity index (χ1v) is 8.39. The highest BCUT2D eigenvalue weighted by molar-refractivity contribution is 8.01. The lowest BCUT2D eigenvalue weighted by Crippen LogP contribution is -2.49. The van der Waals surface area contributed by atoms with E-state index < -0.39 is 0 Å². The fourth-order valence-electron chi connectivity index (χ4n) is 3.10. The van der Waals surface area contributed by atoms with Gasteiger partial charge in [-0.05, 0) is 31.0 Å². The van der Waals surface area contributed by atoms with E-state index in [1.807, 2.05) is 24.3 Å². The number of carbonyl (C=O) groups excluding carboxylic acids is 2. The summed E-state index contributed by atoms with van der Waals surface area (Å²) >= 11 is 1.71. The lowest BCUT2D eigenvalue weighted by atomic mass is 10.2. The highest BCUT2D eigenvalue weighted by Gasteiger charge is 2.52. The van der Waals surface area contributed by atoms with E-state index in [2.05, 4.69) is 12.2 Å². The molecule has 118 valence electrons. The maximum absolute atomic E-state index is 12.5. The molecule has 2 heterocycles. The third-order valence-electron chi connectivity index (χ3n) is 4.35. The number of nitrogens with one attached hydrogen (secondary N) is 1. The molecule has 6 heteroatoms. The van der Waals surface area contributed by atoms with E-state index in [-0.39, 0.29) is 22.7 Å². The van der Waals surface area contributed by atoms with Crippen molar-refractivity contribution in [3.8, 4) is 5.75 Å². The number of hydrogen-bond donors (Lipinski definition) is 1. The monoisotopic (exact) mass is 320 g/mol. The number of benzene rings is 1. The maximum atomic E-state index is 12.5. The molecule has 0 aliphatic carbocycles. The Kier molecular flexibility index (Phi) is 4.04. The van der Waals surface area contributed by atoms with Crippen LogP contribution in [0.15, 0.2) is 24.3 Å². The summed E-state index contributed by atoms with van der Waals surface area (Å²) in [5.74, 6) is 1.46. The highest BCUT2D eigenvalue weighted by Crippen LogP contribution is 2.47. The molecule has 2 atom stereocenters. The summed E-state index contributed by atoms with van der Waals surface area (Å²) in [6.07, 6.45) is 1.37. The Morgan fingerprint density at radius 2 is 2.36 bits per heavy atom. The summed E-state index contributed by atoms with van der Waals surface area (Å²) in [5, 5.41) is 2.94. The summed E-state index contributed by atoms with van der Waals surface area (Å²) < 4.78 is 5.18.